The molecular formula is C22H25FO4. The molecule has 2 aromatic rings. The summed E-state index contributed by atoms with van der Waals surface area (Å²) in [5.41, 5.74) is 2.96. The zero-order valence-corrected chi connectivity index (χ0v) is 15.5. The van der Waals surface area contributed by atoms with Gasteiger partial charge in [-0.1, -0.05) is 44.2 Å². The lowest BCUT2D eigenvalue weighted by Gasteiger charge is -2.14. The minimum Gasteiger partial charge on any atom is -0.490 e. The monoisotopic (exact) mass is 372 g/mol. The number of rotatable bonds is 10. The van der Waals surface area contributed by atoms with Crippen LogP contribution in [0, 0.1) is 5.82 Å². The molecule has 0 radical (unpaired) electrons. The molecule has 0 atom stereocenters. The van der Waals surface area contributed by atoms with Crippen molar-refractivity contribution >= 4 is 5.97 Å². The molecule has 0 heterocycles. The molecule has 2 rings (SSSR count). The Hall–Kier alpha value is -2.66. The van der Waals surface area contributed by atoms with Crippen LogP contribution in [-0.2, 0) is 22.4 Å². The number of esters is 1. The summed E-state index contributed by atoms with van der Waals surface area (Å²) >= 11 is 0. The van der Waals surface area contributed by atoms with Crippen LogP contribution in [0.25, 0.3) is 11.1 Å². The molecule has 0 fully saturated rings. The van der Waals surface area contributed by atoms with E-state index in [0.717, 1.165) is 30.0 Å². The molecule has 0 amide bonds. The molecule has 144 valence electrons. The highest BCUT2D eigenvalue weighted by atomic mass is 19.1. The second-order valence-corrected chi connectivity index (χ2v) is 6.08. The Labute approximate surface area is 159 Å². The van der Waals surface area contributed by atoms with Crippen LogP contribution in [-0.4, -0.2) is 30.9 Å². The first kappa shape index (κ1) is 20.6. The molecule has 1 N–H and O–H groups in total. The van der Waals surface area contributed by atoms with Crippen molar-refractivity contribution < 1.29 is 23.8 Å². The second kappa shape index (κ2) is 10.5. The quantitative estimate of drug-likeness (QED) is 0.388. The predicted octanol–water partition coefficient (Wildman–Crippen LogP) is 4.09. The maximum Gasteiger partial charge on any atom is 0.330 e. The first-order valence-corrected chi connectivity index (χ1v) is 9.03. The number of halogens is 1. The average molecular weight is 372 g/mol. The Morgan fingerprint density at radius 1 is 1.19 bits per heavy atom. The molecule has 0 unspecified atom stereocenters. The minimum atomic E-state index is -0.517. The van der Waals surface area contributed by atoms with Crippen molar-refractivity contribution in [1.29, 1.82) is 0 Å². The number of aryl methyl sites for hydroxylation is 1. The third-order valence-corrected chi connectivity index (χ3v) is 4.08. The summed E-state index contributed by atoms with van der Waals surface area (Å²) in [5.74, 6) is -0.257. The Balaban J connectivity index is 2.20. The van der Waals surface area contributed by atoms with Gasteiger partial charge in [0.05, 0.1) is 0 Å². The van der Waals surface area contributed by atoms with E-state index < -0.39 is 5.97 Å². The Morgan fingerprint density at radius 2 is 2.00 bits per heavy atom. The van der Waals surface area contributed by atoms with Crippen LogP contribution in [0.1, 0.15) is 24.5 Å². The predicted molar refractivity (Wildman–Crippen MR) is 103 cm³/mol. The highest BCUT2D eigenvalue weighted by Crippen LogP contribution is 2.30. The Morgan fingerprint density at radius 3 is 2.67 bits per heavy atom. The molecule has 0 aliphatic carbocycles. The van der Waals surface area contributed by atoms with E-state index in [9.17, 15) is 14.3 Å². The number of hydrogen-bond acceptors (Lipinski definition) is 4. The van der Waals surface area contributed by atoms with Crippen LogP contribution in [0.3, 0.4) is 0 Å². The first-order valence-electron chi connectivity index (χ1n) is 9.03. The molecule has 0 aliphatic heterocycles. The van der Waals surface area contributed by atoms with E-state index in [2.05, 4.69) is 13.5 Å². The maximum absolute atomic E-state index is 14.5. The lowest BCUT2D eigenvalue weighted by molar-refractivity contribution is -0.138. The van der Waals surface area contributed by atoms with Gasteiger partial charge in [-0.05, 0) is 41.7 Å². The SMILES string of the molecule is C=CC(=O)OCCOc1cc(-c2ccc(CCC)cc2F)ccc1CCO. The summed E-state index contributed by atoms with van der Waals surface area (Å²) in [6, 6.07) is 10.6. The lowest BCUT2D eigenvalue weighted by Crippen LogP contribution is -2.11. The van der Waals surface area contributed by atoms with Crippen LogP contribution in [0.2, 0.25) is 0 Å². The summed E-state index contributed by atoms with van der Waals surface area (Å²) in [6.45, 7) is 5.59. The number of aliphatic hydroxyl groups excluding tert-OH is 1. The third kappa shape index (κ3) is 5.93. The lowest BCUT2D eigenvalue weighted by atomic mass is 9.99. The van der Waals surface area contributed by atoms with Gasteiger partial charge in [0, 0.05) is 18.2 Å². The van der Waals surface area contributed by atoms with Gasteiger partial charge in [0.25, 0.3) is 0 Å². The standard InChI is InChI=1S/C22H25FO4/c1-3-5-16-6-9-19(20(23)14-16)18-8-7-17(10-11-24)21(15-18)26-12-13-27-22(25)4-2/h4,6-9,14-15,24H,2-3,5,10-13H2,1H3. The van der Waals surface area contributed by atoms with Gasteiger partial charge in [-0.3, -0.25) is 0 Å². The van der Waals surface area contributed by atoms with Crippen LogP contribution in [0.5, 0.6) is 5.75 Å². The smallest absolute Gasteiger partial charge is 0.330 e. The number of aliphatic hydroxyl groups is 1. The number of hydrogen-bond donors (Lipinski definition) is 1. The number of benzene rings is 2. The van der Waals surface area contributed by atoms with Gasteiger partial charge in [0.1, 0.15) is 24.8 Å². The average Bonchev–Trinajstić information content (AvgIpc) is 2.66. The molecule has 0 saturated carbocycles. The molecule has 5 heteroatoms. The van der Waals surface area contributed by atoms with Gasteiger partial charge in [0.15, 0.2) is 0 Å². The molecule has 0 aromatic heterocycles. The van der Waals surface area contributed by atoms with E-state index >= 15 is 0 Å². The fourth-order valence-corrected chi connectivity index (χ4v) is 2.77. The van der Waals surface area contributed by atoms with Crippen LogP contribution in [0.4, 0.5) is 4.39 Å². The van der Waals surface area contributed by atoms with Crippen molar-refractivity contribution in [2.24, 2.45) is 0 Å². The van der Waals surface area contributed by atoms with Gasteiger partial charge in [-0.15, -0.1) is 0 Å². The van der Waals surface area contributed by atoms with Crippen molar-refractivity contribution in [3.63, 3.8) is 0 Å². The summed E-state index contributed by atoms with van der Waals surface area (Å²) in [4.78, 5) is 11.1. The van der Waals surface area contributed by atoms with Crippen LogP contribution >= 0.6 is 0 Å². The van der Waals surface area contributed by atoms with E-state index in [1.807, 2.05) is 18.2 Å². The fraction of sp³-hybridized carbons (Fsp3) is 0.318. The molecule has 27 heavy (non-hydrogen) atoms. The van der Waals surface area contributed by atoms with E-state index in [1.54, 1.807) is 18.2 Å². The normalized spacial score (nSPS) is 10.5. The molecule has 2 aromatic carbocycles. The van der Waals surface area contributed by atoms with E-state index in [-0.39, 0.29) is 25.6 Å². The summed E-state index contributed by atoms with van der Waals surface area (Å²) in [5, 5.41) is 9.24. The Bertz CT molecular complexity index is 786. The fourth-order valence-electron chi connectivity index (χ4n) is 2.77. The Kier molecular flexibility index (Phi) is 8.01. The third-order valence-electron chi connectivity index (χ3n) is 4.08. The van der Waals surface area contributed by atoms with Gasteiger partial charge >= 0.3 is 5.97 Å². The van der Waals surface area contributed by atoms with Crippen molar-refractivity contribution in [2.75, 3.05) is 19.8 Å². The molecule has 0 bridgehead atoms. The van der Waals surface area contributed by atoms with Gasteiger partial charge in [-0.25, -0.2) is 9.18 Å². The molecule has 0 spiro atoms. The van der Waals surface area contributed by atoms with Gasteiger partial charge < -0.3 is 14.6 Å². The first-order chi connectivity index (χ1) is 13.1. The number of carbonyl (C=O) groups excluding carboxylic acids is 1. The topological polar surface area (TPSA) is 55.8 Å². The summed E-state index contributed by atoms with van der Waals surface area (Å²) in [7, 11) is 0. The second-order valence-electron chi connectivity index (χ2n) is 6.08. The molecule has 0 aliphatic rings. The van der Waals surface area contributed by atoms with E-state index in [1.165, 1.54) is 0 Å². The van der Waals surface area contributed by atoms with Crippen molar-refractivity contribution in [1.82, 2.24) is 0 Å². The summed E-state index contributed by atoms with van der Waals surface area (Å²) < 4.78 is 25.1. The summed E-state index contributed by atoms with van der Waals surface area (Å²) in [6.07, 6.45) is 3.30. The molecular weight excluding hydrogens is 347 g/mol. The van der Waals surface area contributed by atoms with Gasteiger partial charge in [-0.2, -0.15) is 0 Å². The highest BCUT2D eigenvalue weighted by Gasteiger charge is 2.11. The molecule has 0 saturated heterocycles. The van der Waals surface area contributed by atoms with Crippen LogP contribution < -0.4 is 4.74 Å². The molecule has 4 nitrogen and oxygen atoms in total. The van der Waals surface area contributed by atoms with Crippen LogP contribution in [0.15, 0.2) is 49.1 Å². The van der Waals surface area contributed by atoms with Crippen molar-refractivity contribution in [2.45, 2.75) is 26.2 Å². The zero-order valence-electron chi connectivity index (χ0n) is 15.5. The van der Waals surface area contributed by atoms with E-state index in [0.29, 0.717) is 23.3 Å². The van der Waals surface area contributed by atoms with Crippen molar-refractivity contribution in [3.05, 3.63) is 66.0 Å². The van der Waals surface area contributed by atoms with Gasteiger partial charge in [0.2, 0.25) is 0 Å². The van der Waals surface area contributed by atoms with Crippen molar-refractivity contribution in [3.8, 4) is 16.9 Å². The largest absolute Gasteiger partial charge is 0.490 e. The van der Waals surface area contributed by atoms with E-state index in [4.69, 9.17) is 9.47 Å². The number of carbonyl (C=O) groups is 1. The number of ether oxygens (including phenoxy) is 2. The zero-order chi connectivity index (χ0) is 19.6. The minimum absolute atomic E-state index is 0.0266. The highest BCUT2D eigenvalue weighted by molar-refractivity contribution is 5.81. The maximum atomic E-state index is 14.5.